The van der Waals surface area contributed by atoms with E-state index >= 15 is 0 Å². The van der Waals surface area contributed by atoms with Gasteiger partial charge < -0.3 is 19.1 Å². The zero-order chi connectivity index (χ0) is 18.2. The number of nitrogens with zero attached hydrogens (tertiary/aromatic N) is 2. The number of oxime groups is 2. The van der Waals surface area contributed by atoms with Crippen LogP contribution in [-0.2, 0) is 9.68 Å². The zero-order valence-corrected chi connectivity index (χ0v) is 15.0. The molecule has 136 valence electrons. The number of ether oxygens (including phenoxy) is 2. The maximum absolute atomic E-state index is 5.53. The standard InChI is InChI=1S/C20H22N2O4/c1-23-17-9-5-15(6-10-17)19-20(16-7-11-18(24-2)12-8-16)22-26-14-4-3-13-25-21-19/h5-12H,3-4,13-14H2,1-2H3/b21-19-,22-20+. The quantitative estimate of drug-likeness (QED) is 0.841. The van der Waals surface area contributed by atoms with Crippen LogP contribution in [0.15, 0.2) is 58.8 Å². The van der Waals surface area contributed by atoms with Gasteiger partial charge in [0.2, 0.25) is 0 Å². The van der Waals surface area contributed by atoms with Crippen LogP contribution in [0.4, 0.5) is 0 Å². The number of methoxy groups -OCH3 is 2. The normalized spacial score (nSPS) is 19.0. The van der Waals surface area contributed by atoms with Crippen LogP contribution in [0.2, 0.25) is 0 Å². The second kappa shape index (κ2) is 8.89. The van der Waals surface area contributed by atoms with Crippen LogP contribution in [0, 0.1) is 0 Å². The molecule has 0 fully saturated rings. The second-order valence-corrected chi connectivity index (χ2v) is 5.71. The van der Waals surface area contributed by atoms with E-state index in [9.17, 15) is 0 Å². The smallest absolute Gasteiger partial charge is 0.139 e. The maximum atomic E-state index is 5.53. The van der Waals surface area contributed by atoms with Gasteiger partial charge in [0.25, 0.3) is 0 Å². The third-order valence-electron chi connectivity index (χ3n) is 3.98. The topological polar surface area (TPSA) is 61.6 Å². The summed E-state index contributed by atoms with van der Waals surface area (Å²) in [6.45, 7) is 1.08. The van der Waals surface area contributed by atoms with Crippen molar-refractivity contribution in [1.29, 1.82) is 0 Å². The molecule has 3 rings (SSSR count). The highest BCUT2D eigenvalue weighted by atomic mass is 16.6. The van der Waals surface area contributed by atoms with Gasteiger partial charge in [-0.15, -0.1) is 0 Å². The van der Waals surface area contributed by atoms with Gasteiger partial charge in [-0.3, -0.25) is 0 Å². The first-order valence-electron chi connectivity index (χ1n) is 8.51. The Labute approximate surface area is 153 Å². The Morgan fingerprint density at radius 2 is 1.04 bits per heavy atom. The zero-order valence-electron chi connectivity index (χ0n) is 15.0. The van der Waals surface area contributed by atoms with Gasteiger partial charge in [-0.05, 0) is 61.4 Å². The molecule has 0 saturated heterocycles. The first-order valence-corrected chi connectivity index (χ1v) is 8.51. The molecule has 0 amide bonds. The van der Waals surface area contributed by atoms with Gasteiger partial charge >= 0.3 is 0 Å². The third-order valence-corrected chi connectivity index (χ3v) is 3.98. The molecule has 0 atom stereocenters. The number of benzene rings is 2. The number of hydrogen-bond donors (Lipinski definition) is 0. The fourth-order valence-corrected chi connectivity index (χ4v) is 2.52. The Hall–Kier alpha value is -3.02. The van der Waals surface area contributed by atoms with E-state index in [1.807, 2.05) is 48.5 Å². The molecule has 0 aliphatic carbocycles. The maximum Gasteiger partial charge on any atom is 0.139 e. The van der Waals surface area contributed by atoms with Crippen molar-refractivity contribution in [3.8, 4) is 11.5 Å². The Bertz CT molecular complexity index is 700. The van der Waals surface area contributed by atoms with Gasteiger partial charge in [-0.1, -0.05) is 10.3 Å². The van der Waals surface area contributed by atoms with Gasteiger partial charge in [-0.2, -0.15) is 0 Å². The summed E-state index contributed by atoms with van der Waals surface area (Å²) in [5, 5.41) is 8.69. The summed E-state index contributed by atoms with van der Waals surface area (Å²) in [7, 11) is 3.27. The molecular formula is C20H22N2O4. The van der Waals surface area contributed by atoms with E-state index in [2.05, 4.69) is 10.3 Å². The monoisotopic (exact) mass is 354 g/mol. The molecule has 6 nitrogen and oxygen atoms in total. The lowest BCUT2D eigenvalue weighted by Crippen LogP contribution is -2.19. The Kier molecular flexibility index (Phi) is 6.09. The van der Waals surface area contributed by atoms with Crippen LogP contribution >= 0.6 is 0 Å². The predicted molar refractivity (Wildman–Crippen MR) is 100 cm³/mol. The highest BCUT2D eigenvalue weighted by Crippen LogP contribution is 2.18. The molecule has 0 saturated carbocycles. The predicted octanol–water partition coefficient (Wildman–Crippen LogP) is 3.64. The van der Waals surface area contributed by atoms with Crippen molar-refractivity contribution in [3.63, 3.8) is 0 Å². The Balaban J connectivity index is 2.02. The molecule has 0 N–H and O–H groups in total. The fourth-order valence-electron chi connectivity index (χ4n) is 2.52. The summed E-state index contributed by atoms with van der Waals surface area (Å²) >= 11 is 0. The first-order chi connectivity index (χ1) is 12.8. The minimum absolute atomic E-state index is 0.541. The number of rotatable bonds is 4. The van der Waals surface area contributed by atoms with Crippen molar-refractivity contribution in [2.24, 2.45) is 10.3 Å². The van der Waals surface area contributed by atoms with E-state index in [1.165, 1.54) is 0 Å². The lowest BCUT2D eigenvalue weighted by molar-refractivity contribution is 0.108. The minimum atomic E-state index is 0.541. The van der Waals surface area contributed by atoms with E-state index in [1.54, 1.807) is 14.2 Å². The molecule has 0 unspecified atom stereocenters. The highest BCUT2D eigenvalue weighted by molar-refractivity contribution is 6.53. The molecule has 0 aromatic heterocycles. The molecule has 26 heavy (non-hydrogen) atoms. The lowest BCUT2D eigenvalue weighted by Gasteiger charge is -2.13. The first kappa shape index (κ1) is 17.8. The Morgan fingerprint density at radius 3 is 1.38 bits per heavy atom. The molecular weight excluding hydrogens is 332 g/mol. The Morgan fingerprint density at radius 1 is 0.654 bits per heavy atom. The summed E-state index contributed by atoms with van der Waals surface area (Å²) in [5.41, 5.74) is 2.95. The van der Waals surface area contributed by atoms with Crippen LogP contribution in [-0.4, -0.2) is 38.9 Å². The van der Waals surface area contributed by atoms with E-state index in [0.29, 0.717) is 24.6 Å². The highest BCUT2D eigenvalue weighted by Gasteiger charge is 2.18. The molecule has 1 aliphatic heterocycles. The van der Waals surface area contributed by atoms with Crippen LogP contribution < -0.4 is 9.47 Å². The number of hydrogen-bond acceptors (Lipinski definition) is 6. The van der Waals surface area contributed by atoms with Crippen molar-refractivity contribution in [2.75, 3.05) is 27.4 Å². The van der Waals surface area contributed by atoms with Crippen LogP contribution in [0.3, 0.4) is 0 Å². The largest absolute Gasteiger partial charge is 0.497 e. The van der Waals surface area contributed by atoms with Crippen molar-refractivity contribution in [2.45, 2.75) is 12.8 Å². The molecule has 1 aliphatic rings. The van der Waals surface area contributed by atoms with Gasteiger partial charge in [0.05, 0.1) is 14.2 Å². The molecule has 0 radical (unpaired) electrons. The summed E-state index contributed by atoms with van der Waals surface area (Å²) in [5.74, 6) is 1.55. The van der Waals surface area contributed by atoms with Crippen molar-refractivity contribution < 1.29 is 19.1 Å². The molecule has 2 aromatic carbocycles. The summed E-state index contributed by atoms with van der Waals surface area (Å²) in [6.07, 6.45) is 1.74. The van der Waals surface area contributed by atoms with Crippen molar-refractivity contribution >= 4 is 11.4 Å². The second-order valence-electron chi connectivity index (χ2n) is 5.71. The van der Waals surface area contributed by atoms with Gasteiger partial charge in [0.1, 0.15) is 36.1 Å². The molecule has 0 spiro atoms. The summed E-state index contributed by atoms with van der Waals surface area (Å²) in [4.78, 5) is 11.1. The van der Waals surface area contributed by atoms with Crippen molar-refractivity contribution in [1.82, 2.24) is 0 Å². The minimum Gasteiger partial charge on any atom is -0.497 e. The fraction of sp³-hybridized carbons (Fsp3) is 0.300. The summed E-state index contributed by atoms with van der Waals surface area (Å²) in [6, 6.07) is 15.2. The molecule has 1 heterocycles. The molecule has 2 aromatic rings. The SMILES string of the molecule is COc1ccc(C2=N/OCCCCO\N=C\2c2ccc(OC)cc2)cc1. The van der Waals surface area contributed by atoms with E-state index in [0.717, 1.165) is 35.5 Å². The van der Waals surface area contributed by atoms with E-state index in [-0.39, 0.29) is 0 Å². The lowest BCUT2D eigenvalue weighted by atomic mass is 10.00. The van der Waals surface area contributed by atoms with Gasteiger partial charge in [-0.25, -0.2) is 0 Å². The molecule has 6 heteroatoms. The van der Waals surface area contributed by atoms with Crippen LogP contribution in [0.25, 0.3) is 0 Å². The average Bonchev–Trinajstić information content (AvgIpc) is 2.71. The van der Waals surface area contributed by atoms with Crippen molar-refractivity contribution in [3.05, 3.63) is 59.7 Å². The third kappa shape index (κ3) is 4.33. The van der Waals surface area contributed by atoms with E-state index in [4.69, 9.17) is 19.1 Å². The van der Waals surface area contributed by atoms with Crippen LogP contribution in [0.5, 0.6) is 11.5 Å². The van der Waals surface area contributed by atoms with Gasteiger partial charge in [0.15, 0.2) is 0 Å². The van der Waals surface area contributed by atoms with E-state index < -0.39 is 0 Å². The average molecular weight is 354 g/mol. The molecule has 0 bridgehead atoms. The van der Waals surface area contributed by atoms with Gasteiger partial charge in [0, 0.05) is 11.1 Å². The summed E-state index contributed by atoms with van der Waals surface area (Å²) < 4.78 is 10.5. The van der Waals surface area contributed by atoms with Crippen LogP contribution in [0.1, 0.15) is 24.0 Å².